The summed E-state index contributed by atoms with van der Waals surface area (Å²) in [5, 5.41) is 0. The fraction of sp³-hybridized carbons (Fsp3) is 1.00. The van der Waals surface area contributed by atoms with E-state index in [4.69, 9.17) is 4.43 Å². The largest absolute Gasteiger partial charge is 0.416 e. The van der Waals surface area contributed by atoms with Gasteiger partial charge in [0.15, 0.2) is 8.32 Å². The van der Waals surface area contributed by atoms with Crippen molar-refractivity contribution in [3.05, 3.63) is 0 Å². The van der Waals surface area contributed by atoms with Crippen molar-refractivity contribution < 1.29 is 4.43 Å². The van der Waals surface area contributed by atoms with Crippen molar-refractivity contribution in [2.24, 2.45) is 0 Å². The summed E-state index contributed by atoms with van der Waals surface area (Å²) < 4.78 is 6.24. The minimum Gasteiger partial charge on any atom is -0.416 e. The minimum atomic E-state index is -1.41. The van der Waals surface area contributed by atoms with Gasteiger partial charge >= 0.3 is 0 Å². The molecule has 0 amide bonds. The molecule has 0 aliphatic carbocycles. The molecule has 0 radical (unpaired) electrons. The number of likely N-dealkylation sites (N-methyl/N-ethyl adjacent to an activating group) is 1. The Morgan fingerprint density at radius 1 is 0.696 bits per heavy atom. The van der Waals surface area contributed by atoms with Gasteiger partial charge in [-0.1, -0.05) is 85.0 Å². The van der Waals surface area contributed by atoms with E-state index in [0.717, 1.165) is 26.2 Å². The van der Waals surface area contributed by atoms with E-state index in [0.29, 0.717) is 0 Å². The molecule has 0 atom stereocenters. The molecule has 0 aromatic carbocycles. The standard InChI is InChI=1S/C20H45NOSi/c1-6-9-10-11-12-13-14-15-16-17-20-23(4,5)22-19-18-21(7-2)8-3/h6-20H2,1-5H3. The van der Waals surface area contributed by atoms with Gasteiger partial charge in [-0.3, -0.25) is 0 Å². The van der Waals surface area contributed by atoms with Gasteiger partial charge in [0.05, 0.1) is 0 Å². The number of hydrogen-bond donors (Lipinski definition) is 0. The number of unbranched alkanes of at least 4 members (excludes halogenated alkanes) is 9. The molecule has 23 heavy (non-hydrogen) atoms. The lowest BCUT2D eigenvalue weighted by molar-refractivity contribution is 0.216. The molecule has 0 aromatic heterocycles. The number of hydrogen-bond acceptors (Lipinski definition) is 2. The molecule has 0 aliphatic heterocycles. The summed E-state index contributed by atoms with van der Waals surface area (Å²) in [6.45, 7) is 15.8. The average molecular weight is 344 g/mol. The molecule has 0 unspecified atom stereocenters. The van der Waals surface area contributed by atoms with Crippen molar-refractivity contribution >= 4 is 8.32 Å². The van der Waals surface area contributed by atoms with Crippen LogP contribution in [0.1, 0.15) is 85.0 Å². The molecule has 0 saturated carbocycles. The summed E-state index contributed by atoms with van der Waals surface area (Å²) in [6.07, 6.45) is 14.2. The van der Waals surface area contributed by atoms with Crippen LogP contribution < -0.4 is 0 Å². The molecule has 140 valence electrons. The molecule has 0 fully saturated rings. The Kier molecular flexibility index (Phi) is 15.7. The second kappa shape index (κ2) is 15.7. The molecule has 0 bridgehead atoms. The second-order valence-corrected chi connectivity index (χ2v) is 11.9. The molecule has 0 rings (SSSR count). The van der Waals surface area contributed by atoms with Gasteiger partial charge in [0.1, 0.15) is 0 Å². The second-order valence-electron chi connectivity index (χ2n) is 7.57. The first-order valence-corrected chi connectivity index (χ1v) is 13.5. The fourth-order valence-electron chi connectivity index (χ4n) is 3.10. The highest BCUT2D eigenvalue weighted by atomic mass is 28.4. The Balaban J connectivity index is 3.44. The average Bonchev–Trinajstić information content (AvgIpc) is 2.53. The summed E-state index contributed by atoms with van der Waals surface area (Å²) in [4.78, 5) is 2.45. The van der Waals surface area contributed by atoms with Gasteiger partial charge in [0, 0.05) is 13.2 Å². The number of rotatable bonds is 17. The Labute approximate surface area is 148 Å². The Hall–Kier alpha value is 0.137. The van der Waals surface area contributed by atoms with Crippen LogP contribution in [0, 0.1) is 0 Å². The van der Waals surface area contributed by atoms with E-state index >= 15 is 0 Å². The van der Waals surface area contributed by atoms with Crippen LogP contribution in [-0.2, 0) is 4.43 Å². The molecule has 0 aliphatic rings. The first-order valence-electron chi connectivity index (χ1n) is 10.4. The predicted octanol–water partition coefficient (Wildman–Crippen LogP) is 6.47. The minimum absolute atomic E-state index is 0.929. The zero-order valence-electron chi connectivity index (χ0n) is 17.0. The topological polar surface area (TPSA) is 12.5 Å². The van der Waals surface area contributed by atoms with Gasteiger partial charge in [0.2, 0.25) is 0 Å². The highest BCUT2D eigenvalue weighted by Gasteiger charge is 2.21. The van der Waals surface area contributed by atoms with Crippen LogP contribution >= 0.6 is 0 Å². The highest BCUT2D eigenvalue weighted by Crippen LogP contribution is 2.18. The van der Waals surface area contributed by atoms with Crippen molar-refractivity contribution in [2.45, 2.75) is 104 Å². The molecule has 0 heterocycles. The SMILES string of the molecule is CCCCCCCCCCCC[Si](C)(C)OCCN(CC)CC. The van der Waals surface area contributed by atoms with Crippen molar-refractivity contribution in [3.63, 3.8) is 0 Å². The lowest BCUT2D eigenvalue weighted by Crippen LogP contribution is -2.35. The lowest BCUT2D eigenvalue weighted by atomic mass is 10.1. The van der Waals surface area contributed by atoms with E-state index < -0.39 is 8.32 Å². The van der Waals surface area contributed by atoms with Crippen molar-refractivity contribution in [1.29, 1.82) is 0 Å². The third kappa shape index (κ3) is 15.4. The van der Waals surface area contributed by atoms with Crippen molar-refractivity contribution in [3.8, 4) is 0 Å². The van der Waals surface area contributed by atoms with E-state index in [-0.39, 0.29) is 0 Å². The quantitative estimate of drug-likeness (QED) is 0.222. The summed E-state index contributed by atoms with van der Waals surface area (Å²) in [6, 6.07) is 1.34. The van der Waals surface area contributed by atoms with E-state index in [1.807, 2.05) is 0 Å². The van der Waals surface area contributed by atoms with E-state index in [2.05, 4.69) is 38.8 Å². The number of nitrogens with zero attached hydrogens (tertiary/aromatic N) is 1. The van der Waals surface area contributed by atoms with Gasteiger partial charge in [0.25, 0.3) is 0 Å². The van der Waals surface area contributed by atoms with Gasteiger partial charge in [-0.05, 0) is 32.2 Å². The van der Waals surface area contributed by atoms with Crippen LogP contribution in [-0.4, -0.2) is 39.5 Å². The highest BCUT2D eigenvalue weighted by molar-refractivity contribution is 6.71. The van der Waals surface area contributed by atoms with Crippen LogP contribution in [0.2, 0.25) is 19.1 Å². The van der Waals surface area contributed by atoms with Crippen molar-refractivity contribution in [1.82, 2.24) is 4.90 Å². The van der Waals surface area contributed by atoms with E-state index in [1.54, 1.807) is 0 Å². The fourth-order valence-corrected chi connectivity index (χ4v) is 4.99. The van der Waals surface area contributed by atoms with Crippen LogP contribution in [0.25, 0.3) is 0 Å². The Morgan fingerprint density at radius 2 is 1.17 bits per heavy atom. The maximum absolute atomic E-state index is 6.24. The summed E-state index contributed by atoms with van der Waals surface area (Å²) >= 11 is 0. The molecule has 0 aromatic rings. The Bertz CT molecular complexity index is 242. The summed E-state index contributed by atoms with van der Waals surface area (Å²) in [5.74, 6) is 0. The first-order chi connectivity index (χ1) is 11.1. The molecule has 0 saturated heterocycles. The van der Waals surface area contributed by atoms with Crippen LogP contribution in [0.3, 0.4) is 0 Å². The first kappa shape index (κ1) is 23.1. The maximum Gasteiger partial charge on any atom is 0.186 e. The zero-order valence-corrected chi connectivity index (χ0v) is 18.0. The molecule has 2 nitrogen and oxygen atoms in total. The molecular formula is C20H45NOSi. The molecule has 0 spiro atoms. The molecule has 3 heteroatoms. The monoisotopic (exact) mass is 343 g/mol. The summed E-state index contributed by atoms with van der Waals surface area (Å²) in [5.41, 5.74) is 0. The predicted molar refractivity (Wildman–Crippen MR) is 108 cm³/mol. The third-order valence-corrected chi connectivity index (χ3v) is 7.47. The van der Waals surface area contributed by atoms with E-state index in [9.17, 15) is 0 Å². The normalized spacial score (nSPS) is 12.3. The lowest BCUT2D eigenvalue weighted by Gasteiger charge is -2.25. The van der Waals surface area contributed by atoms with Gasteiger partial charge in [-0.25, -0.2) is 0 Å². The van der Waals surface area contributed by atoms with Gasteiger partial charge < -0.3 is 9.33 Å². The zero-order chi connectivity index (χ0) is 17.4. The molecular weight excluding hydrogens is 298 g/mol. The van der Waals surface area contributed by atoms with Crippen LogP contribution in [0.4, 0.5) is 0 Å². The van der Waals surface area contributed by atoms with Gasteiger partial charge in [-0.2, -0.15) is 0 Å². The molecule has 0 N–H and O–H groups in total. The van der Waals surface area contributed by atoms with Crippen LogP contribution in [0.5, 0.6) is 0 Å². The van der Waals surface area contributed by atoms with Crippen molar-refractivity contribution in [2.75, 3.05) is 26.2 Å². The maximum atomic E-state index is 6.24. The van der Waals surface area contributed by atoms with E-state index in [1.165, 1.54) is 70.3 Å². The van der Waals surface area contributed by atoms with Gasteiger partial charge in [-0.15, -0.1) is 0 Å². The van der Waals surface area contributed by atoms with Crippen LogP contribution in [0.15, 0.2) is 0 Å². The Morgan fingerprint density at radius 3 is 1.65 bits per heavy atom. The smallest absolute Gasteiger partial charge is 0.186 e. The third-order valence-electron chi connectivity index (χ3n) is 4.93. The summed E-state index contributed by atoms with van der Waals surface area (Å²) in [7, 11) is -1.41.